The van der Waals surface area contributed by atoms with Gasteiger partial charge in [-0.05, 0) is 57.8 Å². The van der Waals surface area contributed by atoms with Crippen molar-refractivity contribution in [3.63, 3.8) is 0 Å². The summed E-state index contributed by atoms with van der Waals surface area (Å²) in [5.74, 6) is -0.277. The fourth-order valence-corrected chi connectivity index (χ4v) is 15.3. The standard InChI is InChI=1S/C88H165NO18/c1-3-5-7-9-11-13-15-17-19-21-23-25-27-28-29-30-31-32-33-34-35-36-37-38-39-40-41-42-44-46-48-50-52-54-56-58-60-62-64-66-76(94)89-71(72(93)65-63-61-59-57-55-53-51-49-47-45-43-26-24-22-20-18-16-14-12-10-8-6-4-2)70-102-86-82(100)79(97)84(74(68-91)104-86)107-88-83(101)80(98)85(75(69-92)105-88)106-87-81(99)78(96)77(95)73(67-90)103-87/h21,23,55,57,63,65,71-75,77-88,90-93,95-101H,3-20,22,24-54,56,58-62,64,66-70H2,1-2H3,(H,89,94)/b23-21-,57-55+,65-63+. The van der Waals surface area contributed by atoms with Crippen LogP contribution < -0.4 is 5.32 Å². The minimum atomic E-state index is -1.98. The van der Waals surface area contributed by atoms with Gasteiger partial charge in [-0.3, -0.25) is 4.79 Å². The van der Waals surface area contributed by atoms with Crippen LogP contribution >= 0.6 is 0 Å². The molecule has 12 N–H and O–H groups in total. The maximum Gasteiger partial charge on any atom is 0.220 e. The molecule has 17 atom stereocenters. The molecule has 19 heteroatoms. The van der Waals surface area contributed by atoms with Gasteiger partial charge in [-0.1, -0.05) is 359 Å². The molecule has 17 unspecified atom stereocenters. The van der Waals surface area contributed by atoms with Crippen LogP contribution in [0.15, 0.2) is 36.5 Å². The number of unbranched alkanes of at least 4 members (excludes halogenated alkanes) is 53. The summed E-state index contributed by atoms with van der Waals surface area (Å²) in [6, 6.07) is -0.990. The maximum atomic E-state index is 13.5. The summed E-state index contributed by atoms with van der Waals surface area (Å²) in [6.07, 6.45) is 60.3. The molecular weight excluding hydrogens is 1360 g/mol. The molecule has 3 aliphatic rings. The van der Waals surface area contributed by atoms with E-state index in [4.69, 9.17) is 28.4 Å². The first-order chi connectivity index (χ1) is 52.3. The Morgan fingerprint density at radius 2 is 0.598 bits per heavy atom. The van der Waals surface area contributed by atoms with Gasteiger partial charge in [0.25, 0.3) is 0 Å². The molecule has 0 spiro atoms. The monoisotopic (exact) mass is 1520 g/mol. The summed E-state index contributed by atoms with van der Waals surface area (Å²) < 4.78 is 34.5. The number of allylic oxidation sites excluding steroid dienone is 5. The van der Waals surface area contributed by atoms with E-state index in [0.29, 0.717) is 12.8 Å². The zero-order chi connectivity index (χ0) is 77.4. The van der Waals surface area contributed by atoms with E-state index in [1.165, 1.54) is 315 Å². The van der Waals surface area contributed by atoms with E-state index in [1.807, 2.05) is 6.08 Å². The molecule has 0 radical (unpaired) electrons. The molecule has 3 heterocycles. The molecule has 19 nitrogen and oxygen atoms in total. The van der Waals surface area contributed by atoms with Gasteiger partial charge < -0.3 is 89.9 Å². The smallest absolute Gasteiger partial charge is 0.220 e. The van der Waals surface area contributed by atoms with Crippen molar-refractivity contribution in [2.24, 2.45) is 0 Å². The average molecular weight is 1530 g/mol. The van der Waals surface area contributed by atoms with Crippen LogP contribution in [0.2, 0.25) is 0 Å². The quantitative estimate of drug-likeness (QED) is 0.0199. The van der Waals surface area contributed by atoms with Crippen LogP contribution in [0.1, 0.15) is 386 Å². The summed E-state index contributed by atoms with van der Waals surface area (Å²) in [5, 5.41) is 121. The third-order valence-electron chi connectivity index (χ3n) is 22.4. The number of carbonyl (C=O) groups is 1. The van der Waals surface area contributed by atoms with Crippen molar-refractivity contribution in [3.8, 4) is 0 Å². The Kier molecular flexibility index (Phi) is 63.4. The van der Waals surface area contributed by atoms with E-state index >= 15 is 0 Å². The fraction of sp³-hybridized carbons (Fsp3) is 0.920. The molecular formula is C88H165NO18. The average Bonchev–Trinajstić information content (AvgIpc) is 0.781. The van der Waals surface area contributed by atoms with Crippen LogP contribution in [-0.4, -0.2) is 193 Å². The number of hydrogen-bond acceptors (Lipinski definition) is 18. The number of carbonyl (C=O) groups excluding carboxylic acids is 1. The van der Waals surface area contributed by atoms with Crippen LogP contribution in [0.4, 0.5) is 0 Å². The van der Waals surface area contributed by atoms with Gasteiger partial charge in [-0.25, -0.2) is 0 Å². The van der Waals surface area contributed by atoms with Gasteiger partial charge in [0.15, 0.2) is 18.9 Å². The zero-order valence-corrected chi connectivity index (χ0v) is 67.9. The minimum absolute atomic E-state index is 0.240. The third-order valence-corrected chi connectivity index (χ3v) is 22.4. The Hall–Kier alpha value is -1.99. The highest BCUT2D eigenvalue weighted by molar-refractivity contribution is 5.76. The Labute approximate surface area is 651 Å². The van der Waals surface area contributed by atoms with Gasteiger partial charge >= 0.3 is 0 Å². The second kappa shape index (κ2) is 68.4. The van der Waals surface area contributed by atoms with E-state index in [1.54, 1.807) is 6.08 Å². The van der Waals surface area contributed by atoms with E-state index in [-0.39, 0.29) is 18.9 Å². The van der Waals surface area contributed by atoms with Crippen LogP contribution in [0.5, 0.6) is 0 Å². The minimum Gasteiger partial charge on any atom is -0.394 e. The lowest BCUT2D eigenvalue weighted by Gasteiger charge is -2.48. The Morgan fingerprint density at radius 1 is 0.327 bits per heavy atom. The molecule has 0 aromatic rings. The highest BCUT2D eigenvalue weighted by atomic mass is 16.8. The van der Waals surface area contributed by atoms with Crippen molar-refractivity contribution in [1.29, 1.82) is 0 Å². The van der Waals surface area contributed by atoms with Gasteiger partial charge in [0.05, 0.1) is 38.6 Å². The highest BCUT2D eigenvalue weighted by Crippen LogP contribution is 2.34. The van der Waals surface area contributed by atoms with Crippen LogP contribution in [0.25, 0.3) is 0 Å². The molecule has 3 saturated heterocycles. The molecule has 0 saturated carbocycles. The largest absolute Gasteiger partial charge is 0.394 e. The topological polar surface area (TPSA) is 307 Å². The molecule has 1 amide bonds. The number of rotatable bonds is 73. The van der Waals surface area contributed by atoms with Crippen molar-refractivity contribution >= 4 is 5.91 Å². The first-order valence-corrected chi connectivity index (χ1v) is 44.7. The first kappa shape index (κ1) is 99.2. The van der Waals surface area contributed by atoms with Crippen molar-refractivity contribution in [3.05, 3.63) is 36.5 Å². The number of aliphatic hydroxyl groups excluding tert-OH is 11. The number of hydrogen-bond donors (Lipinski definition) is 12. The molecule has 0 aromatic carbocycles. The van der Waals surface area contributed by atoms with Gasteiger partial charge in [0, 0.05) is 6.42 Å². The van der Waals surface area contributed by atoms with E-state index in [2.05, 4.69) is 43.5 Å². The lowest BCUT2D eigenvalue weighted by molar-refractivity contribution is -0.379. The molecule has 107 heavy (non-hydrogen) atoms. The number of nitrogens with one attached hydrogen (secondary N) is 1. The highest BCUT2D eigenvalue weighted by Gasteiger charge is 2.54. The van der Waals surface area contributed by atoms with Gasteiger partial charge in [-0.15, -0.1) is 0 Å². The van der Waals surface area contributed by atoms with Gasteiger partial charge in [0.1, 0.15) is 73.2 Å². The van der Waals surface area contributed by atoms with Gasteiger partial charge in [0.2, 0.25) is 5.91 Å². The molecule has 3 fully saturated rings. The van der Waals surface area contributed by atoms with Crippen molar-refractivity contribution in [1.82, 2.24) is 5.32 Å². The Bertz CT molecular complexity index is 2070. The van der Waals surface area contributed by atoms with Crippen LogP contribution in [0, 0.1) is 0 Å². The second-order valence-corrected chi connectivity index (χ2v) is 32.1. The predicted octanol–water partition coefficient (Wildman–Crippen LogP) is 16.6. The maximum absolute atomic E-state index is 13.5. The fourth-order valence-electron chi connectivity index (χ4n) is 15.3. The molecule has 3 aliphatic heterocycles. The third kappa shape index (κ3) is 47.5. The Balaban J connectivity index is 1.31. The molecule has 3 rings (SSSR count). The molecule has 630 valence electrons. The second-order valence-electron chi connectivity index (χ2n) is 32.1. The summed E-state index contributed by atoms with van der Waals surface area (Å²) in [5.41, 5.74) is 0. The predicted molar refractivity (Wildman–Crippen MR) is 429 cm³/mol. The SMILES string of the molecule is CCCCCCCCCC/C=C\CCCCCCCCCCCCCCCCCCCCCCCCCCCCCC(=O)NC(COC1OC(CO)C(OC2OC(CO)C(OC3OC(CO)C(O)C(O)C3O)C(O)C2O)C(O)C1O)C(O)/C=C/CC/C=C/CCCCCCCCCCCCCCCCCCC. The number of ether oxygens (including phenoxy) is 6. The lowest BCUT2D eigenvalue weighted by Crippen LogP contribution is -2.66. The first-order valence-electron chi connectivity index (χ1n) is 44.7. The van der Waals surface area contributed by atoms with E-state index in [9.17, 15) is 61.0 Å². The van der Waals surface area contributed by atoms with Crippen LogP contribution in [-0.2, 0) is 33.2 Å². The van der Waals surface area contributed by atoms with Gasteiger partial charge in [-0.2, -0.15) is 0 Å². The van der Waals surface area contributed by atoms with Crippen molar-refractivity contribution in [2.75, 3.05) is 26.4 Å². The zero-order valence-electron chi connectivity index (χ0n) is 67.9. The summed E-state index contributed by atoms with van der Waals surface area (Å²) in [6.45, 7) is 1.78. The van der Waals surface area contributed by atoms with Crippen molar-refractivity contribution < 1.29 is 89.4 Å². The van der Waals surface area contributed by atoms with E-state index in [0.717, 1.165) is 38.5 Å². The summed E-state index contributed by atoms with van der Waals surface area (Å²) in [4.78, 5) is 13.5. The molecule has 0 aliphatic carbocycles. The summed E-state index contributed by atoms with van der Waals surface area (Å²) in [7, 11) is 0. The van der Waals surface area contributed by atoms with E-state index < -0.39 is 124 Å². The van der Waals surface area contributed by atoms with Crippen molar-refractivity contribution in [2.45, 2.75) is 491 Å². The summed E-state index contributed by atoms with van der Waals surface area (Å²) >= 11 is 0. The number of amides is 1. The number of aliphatic hydroxyl groups is 11. The molecule has 0 aromatic heterocycles. The Morgan fingerprint density at radius 3 is 0.935 bits per heavy atom. The van der Waals surface area contributed by atoms with Crippen LogP contribution in [0.3, 0.4) is 0 Å². The lowest BCUT2D eigenvalue weighted by atomic mass is 9.96. The molecule has 0 bridgehead atoms. The normalized spacial score (nSPS) is 25.6.